The monoisotopic (exact) mass is 436 g/mol. The fourth-order valence-corrected chi connectivity index (χ4v) is 5.01. The minimum Gasteiger partial charge on any atom is -0.390 e. The number of hydrogen-bond donors (Lipinski definition) is 2. The first kappa shape index (κ1) is 20.0. The van der Waals surface area contributed by atoms with Gasteiger partial charge in [0.25, 0.3) is 0 Å². The number of hydrogen-bond acceptors (Lipinski definition) is 6. The van der Waals surface area contributed by atoms with E-state index in [-0.39, 0.29) is 0 Å². The average Bonchev–Trinajstić information content (AvgIpc) is 3.18. The van der Waals surface area contributed by atoms with Crippen LogP contribution < -0.4 is 5.73 Å². The van der Waals surface area contributed by atoms with E-state index in [0.717, 1.165) is 39.4 Å². The number of aromatic nitrogens is 5. The van der Waals surface area contributed by atoms with Crippen molar-refractivity contribution in [2.75, 3.05) is 0 Å². The summed E-state index contributed by atoms with van der Waals surface area (Å²) in [6, 6.07) is 20.1. The van der Waals surface area contributed by atoms with Crippen LogP contribution in [0.3, 0.4) is 0 Å². The average molecular weight is 437 g/mol. The van der Waals surface area contributed by atoms with Gasteiger partial charge >= 0.3 is 0 Å². The Morgan fingerprint density at radius 3 is 2.30 bits per heavy atom. The van der Waals surface area contributed by atoms with Crippen LogP contribution in [-0.4, -0.2) is 35.3 Å². The maximum atomic E-state index is 10.2. The molecule has 1 fully saturated rings. The maximum absolute atomic E-state index is 10.2. The molecule has 7 nitrogen and oxygen atoms in total. The number of aliphatic hydroxyl groups is 1. The van der Waals surface area contributed by atoms with E-state index in [1.165, 1.54) is 0 Å². The smallest absolute Gasteiger partial charge is 0.184 e. The van der Waals surface area contributed by atoms with E-state index in [1.807, 2.05) is 74.5 Å². The van der Waals surface area contributed by atoms with Crippen molar-refractivity contribution in [1.29, 1.82) is 0 Å². The largest absolute Gasteiger partial charge is 0.390 e. The Balaban J connectivity index is 1.53. The number of benzene rings is 2. The molecule has 3 aromatic heterocycles. The lowest BCUT2D eigenvalue weighted by molar-refractivity contribution is -0.0738. The van der Waals surface area contributed by atoms with E-state index >= 15 is 0 Å². The standard InChI is InChI=1S/C26H24N6O/c1-16-12-21-28-13-20-24(32(21)31-16)30-23(22(29-20)17-6-4-3-5-7-17)18-8-10-19(11-9-18)26(27)14-25(2,33)15-26/h3-13,33H,14-15,27H2,1-2H3. The van der Waals surface area contributed by atoms with Gasteiger partial charge in [0.15, 0.2) is 11.3 Å². The first-order valence-electron chi connectivity index (χ1n) is 11.0. The molecule has 33 heavy (non-hydrogen) atoms. The molecule has 3 heterocycles. The van der Waals surface area contributed by atoms with Gasteiger partial charge in [0.1, 0.15) is 5.52 Å². The van der Waals surface area contributed by atoms with Crippen LogP contribution in [-0.2, 0) is 5.54 Å². The SMILES string of the molecule is Cc1cc2ncc3nc(-c4ccccc4)c(-c4ccc(C5(N)CC(C)(O)C5)cc4)nc3n2n1. The van der Waals surface area contributed by atoms with Crippen LogP contribution in [0.2, 0.25) is 0 Å². The molecule has 1 aliphatic carbocycles. The van der Waals surface area contributed by atoms with Gasteiger partial charge in [-0.15, -0.1) is 0 Å². The molecule has 0 saturated heterocycles. The summed E-state index contributed by atoms with van der Waals surface area (Å²) < 4.78 is 1.75. The van der Waals surface area contributed by atoms with Crippen LogP contribution in [0.25, 0.3) is 39.3 Å². The van der Waals surface area contributed by atoms with Crippen LogP contribution in [0.15, 0.2) is 66.9 Å². The molecule has 7 heteroatoms. The quantitative estimate of drug-likeness (QED) is 0.443. The van der Waals surface area contributed by atoms with Gasteiger partial charge in [0, 0.05) is 22.7 Å². The number of rotatable bonds is 3. The highest BCUT2D eigenvalue weighted by Crippen LogP contribution is 2.46. The molecule has 0 bridgehead atoms. The van der Waals surface area contributed by atoms with Crippen LogP contribution in [0, 0.1) is 6.92 Å². The third-order valence-electron chi connectivity index (χ3n) is 6.41. The zero-order valence-corrected chi connectivity index (χ0v) is 18.5. The molecule has 1 saturated carbocycles. The summed E-state index contributed by atoms with van der Waals surface area (Å²) in [5, 5.41) is 14.8. The van der Waals surface area contributed by atoms with Crippen molar-refractivity contribution in [2.45, 2.75) is 37.8 Å². The number of aryl methyl sites for hydroxylation is 1. The third-order valence-corrected chi connectivity index (χ3v) is 6.41. The Morgan fingerprint density at radius 2 is 1.61 bits per heavy atom. The minimum atomic E-state index is -0.695. The van der Waals surface area contributed by atoms with Gasteiger partial charge in [0.05, 0.1) is 28.9 Å². The highest BCUT2D eigenvalue weighted by atomic mass is 16.3. The van der Waals surface area contributed by atoms with Crippen LogP contribution in [0.4, 0.5) is 0 Å². The van der Waals surface area contributed by atoms with Gasteiger partial charge in [-0.3, -0.25) is 0 Å². The molecule has 5 aromatic rings. The Kier molecular flexibility index (Phi) is 4.18. The molecular formula is C26H24N6O. The lowest BCUT2D eigenvalue weighted by Gasteiger charge is -2.49. The first-order chi connectivity index (χ1) is 15.8. The Labute approximate surface area is 191 Å². The second kappa shape index (κ2) is 6.91. The number of nitrogens with zero attached hydrogens (tertiary/aromatic N) is 5. The lowest BCUT2D eigenvalue weighted by atomic mass is 9.63. The van der Waals surface area contributed by atoms with E-state index in [0.29, 0.717) is 24.0 Å². The fraction of sp³-hybridized carbons (Fsp3) is 0.231. The summed E-state index contributed by atoms with van der Waals surface area (Å²) in [5.41, 5.74) is 12.8. The highest BCUT2D eigenvalue weighted by molar-refractivity contribution is 5.85. The predicted octanol–water partition coefficient (Wildman–Crippen LogP) is 4.01. The summed E-state index contributed by atoms with van der Waals surface area (Å²) in [5.74, 6) is 0. The molecule has 0 radical (unpaired) electrons. The van der Waals surface area contributed by atoms with Gasteiger partial charge in [-0.2, -0.15) is 9.61 Å². The summed E-state index contributed by atoms with van der Waals surface area (Å²) in [4.78, 5) is 14.5. The molecule has 0 unspecified atom stereocenters. The van der Waals surface area contributed by atoms with Crippen LogP contribution >= 0.6 is 0 Å². The van der Waals surface area contributed by atoms with Gasteiger partial charge in [0.2, 0.25) is 0 Å². The molecule has 0 atom stereocenters. The lowest BCUT2D eigenvalue weighted by Crippen LogP contribution is -2.58. The third kappa shape index (κ3) is 3.28. The second-order valence-corrected chi connectivity index (χ2v) is 9.39. The van der Waals surface area contributed by atoms with Crippen LogP contribution in [0.5, 0.6) is 0 Å². The van der Waals surface area contributed by atoms with E-state index in [1.54, 1.807) is 10.7 Å². The molecule has 0 aliphatic heterocycles. The highest BCUT2D eigenvalue weighted by Gasteiger charge is 2.49. The zero-order valence-electron chi connectivity index (χ0n) is 18.5. The van der Waals surface area contributed by atoms with E-state index in [4.69, 9.17) is 15.7 Å². The minimum absolute atomic E-state index is 0.496. The maximum Gasteiger partial charge on any atom is 0.184 e. The normalized spacial score (nSPS) is 22.5. The fourth-order valence-electron chi connectivity index (χ4n) is 5.01. The molecule has 164 valence electrons. The molecule has 1 aliphatic rings. The summed E-state index contributed by atoms with van der Waals surface area (Å²) in [7, 11) is 0. The predicted molar refractivity (Wildman–Crippen MR) is 127 cm³/mol. The van der Waals surface area contributed by atoms with Crippen molar-refractivity contribution < 1.29 is 5.11 Å². The van der Waals surface area contributed by atoms with E-state index in [9.17, 15) is 5.11 Å². The van der Waals surface area contributed by atoms with Crippen molar-refractivity contribution >= 4 is 16.8 Å². The molecule has 0 amide bonds. The Hall–Kier alpha value is -3.68. The van der Waals surface area contributed by atoms with Gasteiger partial charge in [-0.1, -0.05) is 54.6 Å². The summed E-state index contributed by atoms with van der Waals surface area (Å²) in [6.45, 7) is 3.77. The van der Waals surface area contributed by atoms with Crippen molar-refractivity contribution in [3.8, 4) is 22.5 Å². The summed E-state index contributed by atoms with van der Waals surface area (Å²) in [6.07, 6.45) is 2.85. The van der Waals surface area contributed by atoms with Crippen molar-refractivity contribution in [2.24, 2.45) is 5.73 Å². The summed E-state index contributed by atoms with van der Waals surface area (Å²) >= 11 is 0. The van der Waals surface area contributed by atoms with Crippen molar-refractivity contribution in [3.05, 3.63) is 78.1 Å². The molecule has 0 spiro atoms. The van der Waals surface area contributed by atoms with Crippen LogP contribution in [0.1, 0.15) is 31.0 Å². The number of fused-ring (bicyclic) bond motifs is 3. The Morgan fingerprint density at radius 1 is 0.939 bits per heavy atom. The van der Waals surface area contributed by atoms with Crippen molar-refractivity contribution in [3.63, 3.8) is 0 Å². The molecule has 6 rings (SSSR count). The Bertz CT molecular complexity index is 1500. The number of nitrogens with two attached hydrogens (primary N) is 1. The topological polar surface area (TPSA) is 102 Å². The second-order valence-electron chi connectivity index (χ2n) is 9.39. The van der Waals surface area contributed by atoms with E-state index in [2.05, 4.69) is 10.1 Å². The van der Waals surface area contributed by atoms with E-state index < -0.39 is 11.1 Å². The molecular weight excluding hydrogens is 412 g/mol. The zero-order chi connectivity index (χ0) is 22.8. The van der Waals surface area contributed by atoms with Crippen molar-refractivity contribution in [1.82, 2.24) is 24.6 Å². The molecule has 2 aromatic carbocycles. The van der Waals surface area contributed by atoms with Gasteiger partial charge < -0.3 is 10.8 Å². The first-order valence-corrected chi connectivity index (χ1v) is 11.0. The van der Waals surface area contributed by atoms with Gasteiger partial charge in [-0.05, 0) is 32.3 Å². The van der Waals surface area contributed by atoms with Gasteiger partial charge in [-0.25, -0.2) is 15.0 Å². The molecule has 3 N–H and O–H groups in total.